The summed E-state index contributed by atoms with van der Waals surface area (Å²) in [5.41, 5.74) is -2.14. The van der Waals surface area contributed by atoms with E-state index in [0.717, 1.165) is 12.1 Å². The summed E-state index contributed by atoms with van der Waals surface area (Å²) < 4.78 is 58.7. The summed E-state index contributed by atoms with van der Waals surface area (Å²) in [5, 5.41) is 0. The Morgan fingerprint density at radius 3 is 2.21 bits per heavy atom. The van der Waals surface area contributed by atoms with Crippen molar-refractivity contribution in [3.05, 3.63) is 41.1 Å². The number of halogens is 3. The van der Waals surface area contributed by atoms with Gasteiger partial charge in [0.2, 0.25) is 0 Å². The number of hydrogen-bond donors (Lipinski definition) is 0. The highest BCUT2D eigenvalue weighted by Crippen LogP contribution is 2.40. The van der Waals surface area contributed by atoms with Gasteiger partial charge >= 0.3 is 7.12 Å². The first-order valence-electron chi connectivity index (χ1n) is 7.77. The third-order valence-electron chi connectivity index (χ3n) is 4.56. The Morgan fingerprint density at radius 1 is 1.12 bits per heavy atom. The van der Waals surface area contributed by atoms with Crippen LogP contribution in [0.2, 0.25) is 0 Å². The van der Waals surface area contributed by atoms with Gasteiger partial charge < -0.3 is 14.0 Å². The molecule has 2 rings (SSSR count). The molecule has 1 saturated heterocycles. The highest BCUT2D eigenvalue weighted by Gasteiger charge is 2.53. The van der Waals surface area contributed by atoms with Gasteiger partial charge in [-0.15, -0.1) is 0 Å². The molecule has 0 N–H and O–H groups in total. The topological polar surface area (TPSA) is 27.7 Å². The molecule has 0 saturated carbocycles. The third-order valence-corrected chi connectivity index (χ3v) is 4.56. The van der Waals surface area contributed by atoms with Crippen molar-refractivity contribution in [1.29, 1.82) is 0 Å². The van der Waals surface area contributed by atoms with Gasteiger partial charge in [0.05, 0.1) is 17.8 Å². The lowest BCUT2D eigenvalue weighted by Crippen LogP contribution is -2.41. The molecule has 1 aliphatic rings. The molecule has 0 aliphatic carbocycles. The lowest BCUT2D eigenvalue weighted by molar-refractivity contribution is 0.00578. The number of hydrogen-bond acceptors (Lipinski definition) is 3. The van der Waals surface area contributed by atoms with Crippen LogP contribution in [-0.4, -0.2) is 32.0 Å². The SMILES string of the molecule is COCCC(=C(F)B1OC(C)(C)C(C)(C)O1)c1ccc(F)cc1F. The minimum atomic E-state index is -1.24. The average molecular weight is 342 g/mol. The van der Waals surface area contributed by atoms with Crippen molar-refractivity contribution in [1.82, 2.24) is 0 Å². The van der Waals surface area contributed by atoms with E-state index in [1.165, 1.54) is 13.2 Å². The van der Waals surface area contributed by atoms with E-state index in [1.54, 1.807) is 27.7 Å². The van der Waals surface area contributed by atoms with Gasteiger partial charge in [0.15, 0.2) is 0 Å². The molecular weight excluding hydrogens is 320 g/mol. The summed E-state index contributed by atoms with van der Waals surface area (Å²) in [6.45, 7) is 7.38. The van der Waals surface area contributed by atoms with Crippen molar-refractivity contribution in [3.8, 4) is 0 Å². The molecule has 1 aromatic rings. The van der Waals surface area contributed by atoms with E-state index in [-0.39, 0.29) is 24.2 Å². The molecule has 132 valence electrons. The van der Waals surface area contributed by atoms with E-state index in [0.29, 0.717) is 0 Å². The maximum absolute atomic E-state index is 15.1. The van der Waals surface area contributed by atoms with E-state index in [1.807, 2.05) is 0 Å². The van der Waals surface area contributed by atoms with Crippen molar-refractivity contribution in [2.24, 2.45) is 0 Å². The molecule has 3 nitrogen and oxygen atoms in total. The van der Waals surface area contributed by atoms with Gasteiger partial charge in [0.1, 0.15) is 17.4 Å². The summed E-state index contributed by atoms with van der Waals surface area (Å²) in [5.74, 6) is -1.56. The molecule has 1 aliphatic heterocycles. The first-order chi connectivity index (χ1) is 11.1. The molecular formula is C17H22BF3O3. The Balaban J connectivity index is 2.44. The molecule has 1 heterocycles. The molecule has 0 aromatic heterocycles. The van der Waals surface area contributed by atoms with Crippen LogP contribution in [0.4, 0.5) is 13.2 Å². The fourth-order valence-electron chi connectivity index (χ4n) is 2.41. The van der Waals surface area contributed by atoms with Crippen LogP contribution in [0, 0.1) is 11.6 Å². The van der Waals surface area contributed by atoms with Gasteiger partial charge in [0.25, 0.3) is 0 Å². The smallest absolute Gasteiger partial charge is 0.398 e. The van der Waals surface area contributed by atoms with Crippen molar-refractivity contribution in [2.75, 3.05) is 13.7 Å². The van der Waals surface area contributed by atoms with Gasteiger partial charge in [-0.05, 0) is 51.8 Å². The second-order valence-electron chi connectivity index (χ2n) is 6.78. The highest BCUT2D eigenvalue weighted by molar-refractivity contribution is 6.55. The van der Waals surface area contributed by atoms with Crippen LogP contribution in [0.1, 0.15) is 39.7 Å². The molecule has 0 bridgehead atoms. The van der Waals surface area contributed by atoms with Crippen LogP contribution in [0.5, 0.6) is 0 Å². The minimum absolute atomic E-state index is 0.0272. The van der Waals surface area contributed by atoms with Crippen LogP contribution >= 0.6 is 0 Å². The summed E-state index contributed by atoms with van der Waals surface area (Å²) in [4.78, 5) is 0. The van der Waals surface area contributed by atoms with Gasteiger partial charge in [-0.3, -0.25) is 0 Å². The molecule has 1 fully saturated rings. The molecule has 0 spiro atoms. The predicted octanol–water partition coefficient (Wildman–Crippen LogP) is 4.31. The molecule has 0 radical (unpaired) electrons. The largest absolute Gasteiger partial charge is 0.525 e. The number of ether oxygens (including phenoxy) is 1. The first kappa shape index (κ1) is 19.0. The van der Waals surface area contributed by atoms with Crippen LogP contribution < -0.4 is 0 Å². The predicted molar refractivity (Wildman–Crippen MR) is 87.0 cm³/mol. The van der Waals surface area contributed by atoms with Gasteiger partial charge in [-0.25, -0.2) is 13.2 Å². The molecule has 0 unspecified atom stereocenters. The van der Waals surface area contributed by atoms with Gasteiger partial charge in [-0.1, -0.05) is 0 Å². The fraction of sp³-hybridized carbons (Fsp3) is 0.529. The summed E-state index contributed by atoms with van der Waals surface area (Å²) in [7, 11) is 0.219. The quantitative estimate of drug-likeness (QED) is 0.746. The Bertz CT molecular complexity index is 628. The van der Waals surface area contributed by atoms with E-state index < -0.39 is 35.7 Å². The molecule has 1 aromatic carbocycles. The van der Waals surface area contributed by atoms with Crippen molar-refractivity contribution >= 4 is 12.7 Å². The summed E-state index contributed by atoms with van der Waals surface area (Å²) in [6, 6.07) is 3.02. The van der Waals surface area contributed by atoms with E-state index in [4.69, 9.17) is 14.0 Å². The number of rotatable bonds is 5. The van der Waals surface area contributed by atoms with Crippen LogP contribution in [0.15, 0.2) is 23.9 Å². The zero-order chi connectivity index (χ0) is 18.1. The van der Waals surface area contributed by atoms with Crippen LogP contribution in [-0.2, 0) is 14.0 Å². The van der Waals surface area contributed by atoms with Crippen molar-refractivity contribution < 1.29 is 27.2 Å². The lowest BCUT2D eigenvalue weighted by atomic mass is 9.81. The minimum Gasteiger partial charge on any atom is -0.398 e. The Kier molecular flexibility index (Phi) is 5.47. The van der Waals surface area contributed by atoms with Gasteiger partial charge in [-0.2, -0.15) is 0 Å². The van der Waals surface area contributed by atoms with Crippen molar-refractivity contribution in [2.45, 2.75) is 45.3 Å². The van der Waals surface area contributed by atoms with E-state index in [9.17, 15) is 8.78 Å². The second kappa shape index (κ2) is 6.90. The lowest BCUT2D eigenvalue weighted by Gasteiger charge is -2.32. The van der Waals surface area contributed by atoms with Gasteiger partial charge in [0, 0.05) is 18.7 Å². The Morgan fingerprint density at radius 2 is 1.71 bits per heavy atom. The second-order valence-corrected chi connectivity index (χ2v) is 6.78. The van der Waals surface area contributed by atoms with E-state index >= 15 is 4.39 Å². The Hall–Kier alpha value is -1.31. The Labute approximate surface area is 140 Å². The normalized spacial score (nSPS) is 20.2. The maximum atomic E-state index is 15.1. The van der Waals surface area contributed by atoms with Crippen molar-refractivity contribution in [3.63, 3.8) is 0 Å². The first-order valence-corrected chi connectivity index (χ1v) is 7.77. The number of benzene rings is 1. The monoisotopic (exact) mass is 342 g/mol. The molecule has 7 heteroatoms. The molecule has 0 atom stereocenters. The average Bonchev–Trinajstić information content (AvgIpc) is 2.69. The van der Waals surface area contributed by atoms with E-state index in [2.05, 4.69) is 0 Å². The molecule has 0 amide bonds. The zero-order valence-electron chi connectivity index (χ0n) is 14.6. The standard InChI is InChI=1S/C17H22BF3O3/c1-16(2)17(3,4)24-18(23-16)15(21)13(8-9-22-5)12-7-6-11(19)10-14(12)20/h6-7,10H,8-9H2,1-5H3. The fourth-order valence-corrected chi connectivity index (χ4v) is 2.41. The maximum Gasteiger partial charge on any atom is 0.525 e. The van der Waals surface area contributed by atoms with Crippen LogP contribution in [0.25, 0.3) is 5.57 Å². The number of methoxy groups -OCH3 is 1. The summed E-state index contributed by atoms with van der Waals surface area (Å²) in [6.07, 6.45) is 0.106. The highest BCUT2D eigenvalue weighted by atomic mass is 19.1. The summed E-state index contributed by atoms with van der Waals surface area (Å²) >= 11 is 0. The van der Waals surface area contributed by atoms with Crippen LogP contribution in [0.3, 0.4) is 0 Å². The molecule has 24 heavy (non-hydrogen) atoms. The zero-order valence-corrected chi connectivity index (χ0v) is 14.6. The third kappa shape index (κ3) is 3.68.